The Morgan fingerprint density at radius 2 is 2.43 bits per heavy atom. The number of amides is 1. The van der Waals surface area contributed by atoms with Crippen molar-refractivity contribution in [2.75, 3.05) is 13.6 Å². The molecule has 0 radical (unpaired) electrons. The first-order valence-electron chi connectivity index (χ1n) is 4.61. The molecule has 14 heavy (non-hydrogen) atoms. The molecule has 0 aliphatic rings. The summed E-state index contributed by atoms with van der Waals surface area (Å²) in [5.41, 5.74) is 0. The van der Waals surface area contributed by atoms with Gasteiger partial charge in [-0.05, 0) is 0 Å². The van der Waals surface area contributed by atoms with Crippen molar-refractivity contribution in [2.24, 2.45) is 0 Å². The van der Waals surface area contributed by atoms with Gasteiger partial charge < -0.3 is 9.73 Å². The summed E-state index contributed by atoms with van der Waals surface area (Å²) in [6.07, 6.45) is 2.54. The van der Waals surface area contributed by atoms with Crippen LogP contribution in [0.25, 0.3) is 0 Å². The zero-order chi connectivity index (χ0) is 10.4. The second-order valence-corrected chi connectivity index (χ2v) is 2.85. The van der Waals surface area contributed by atoms with Gasteiger partial charge in [0.15, 0.2) is 0 Å². The molecule has 2 N–H and O–H groups in total. The minimum absolute atomic E-state index is 0.0488. The minimum Gasteiger partial charge on any atom is -0.444 e. The Balaban J connectivity index is 2.27. The molecule has 0 atom stereocenters. The smallest absolute Gasteiger partial charge is 0.233 e. The van der Waals surface area contributed by atoms with Crippen LogP contribution in [0.2, 0.25) is 0 Å². The number of nitrogens with one attached hydrogen (secondary N) is 2. The van der Waals surface area contributed by atoms with Gasteiger partial charge in [0, 0.05) is 13.5 Å². The molecular weight excluding hydrogens is 182 g/mol. The SMILES string of the molecule is CCc1cnc(CNCC(=O)NC)o1. The van der Waals surface area contributed by atoms with Crippen molar-refractivity contribution in [3.8, 4) is 0 Å². The molecule has 0 fully saturated rings. The summed E-state index contributed by atoms with van der Waals surface area (Å²) in [5.74, 6) is 1.43. The van der Waals surface area contributed by atoms with Gasteiger partial charge in [0.2, 0.25) is 11.8 Å². The predicted octanol–water partition coefficient (Wildman–Crippen LogP) is 0.0726. The van der Waals surface area contributed by atoms with Gasteiger partial charge in [-0.2, -0.15) is 0 Å². The van der Waals surface area contributed by atoms with E-state index in [0.29, 0.717) is 12.4 Å². The lowest BCUT2D eigenvalue weighted by Crippen LogP contribution is -2.31. The number of hydrogen-bond donors (Lipinski definition) is 2. The number of nitrogens with zero attached hydrogens (tertiary/aromatic N) is 1. The van der Waals surface area contributed by atoms with E-state index in [1.54, 1.807) is 13.2 Å². The molecule has 0 saturated heterocycles. The number of oxazole rings is 1. The average molecular weight is 197 g/mol. The number of rotatable bonds is 5. The highest BCUT2D eigenvalue weighted by Gasteiger charge is 2.02. The average Bonchev–Trinajstić information content (AvgIpc) is 2.65. The number of aryl methyl sites for hydroxylation is 1. The molecule has 0 unspecified atom stereocenters. The molecular formula is C9H15N3O2. The molecule has 1 aromatic heterocycles. The monoisotopic (exact) mass is 197 g/mol. The molecule has 78 valence electrons. The molecule has 0 aromatic carbocycles. The minimum atomic E-state index is -0.0488. The third kappa shape index (κ3) is 3.18. The first kappa shape index (κ1) is 10.7. The largest absolute Gasteiger partial charge is 0.444 e. The van der Waals surface area contributed by atoms with Crippen LogP contribution in [0.1, 0.15) is 18.6 Å². The zero-order valence-electron chi connectivity index (χ0n) is 8.46. The van der Waals surface area contributed by atoms with Gasteiger partial charge in [-0.25, -0.2) is 4.98 Å². The highest BCUT2D eigenvalue weighted by Crippen LogP contribution is 2.03. The number of aromatic nitrogens is 1. The van der Waals surface area contributed by atoms with Crippen molar-refractivity contribution in [3.05, 3.63) is 17.8 Å². The van der Waals surface area contributed by atoms with Crippen LogP contribution in [0.5, 0.6) is 0 Å². The Morgan fingerprint density at radius 1 is 1.64 bits per heavy atom. The Hall–Kier alpha value is -1.36. The Bertz CT molecular complexity index is 296. The van der Waals surface area contributed by atoms with E-state index in [1.165, 1.54) is 0 Å². The van der Waals surface area contributed by atoms with Crippen molar-refractivity contribution in [3.63, 3.8) is 0 Å². The van der Waals surface area contributed by atoms with Crippen molar-refractivity contribution >= 4 is 5.91 Å². The van der Waals surface area contributed by atoms with E-state index in [0.717, 1.165) is 12.2 Å². The fraction of sp³-hybridized carbons (Fsp3) is 0.556. The zero-order valence-corrected chi connectivity index (χ0v) is 8.46. The molecule has 1 aromatic rings. The maximum Gasteiger partial charge on any atom is 0.233 e. The predicted molar refractivity (Wildman–Crippen MR) is 51.7 cm³/mol. The van der Waals surface area contributed by atoms with Crippen LogP contribution in [0.15, 0.2) is 10.6 Å². The first-order valence-corrected chi connectivity index (χ1v) is 4.61. The van der Waals surface area contributed by atoms with Gasteiger partial charge in [0.1, 0.15) is 5.76 Å². The fourth-order valence-electron chi connectivity index (χ4n) is 0.965. The number of likely N-dealkylation sites (N-methyl/N-ethyl adjacent to an activating group) is 1. The highest BCUT2D eigenvalue weighted by molar-refractivity contribution is 5.77. The van der Waals surface area contributed by atoms with E-state index < -0.39 is 0 Å². The molecule has 0 spiro atoms. The Morgan fingerprint density at radius 3 is 3.00 bits per heavy atom. The van der Waals surface area contributed by atoms with Gasteiger partial charge in [-0.15, -0.1) is 0 Å². The molecule has 0 bridgehead atoms. The number of hydrogen-bond acceptors (Lipinski definition) is 4. The van der Waals surface area contributed by atoms with Gasteiger partial charge >= 0.3 is 0 Å². The number of carbonyl (C=O) groups excluding carboxylic acids is 1. The Kier molecular flexibility index (Phi) is 4.12. The lowest BCUT2D eigenvalue weighted by Gasteiger charge is -1.99. The third-order valence-electron chi connectivity index (χ3n) is 1.79. The van der Waals surface area contributed by atoms with E-state index in [-0.39, 0.29) is 12.5 Å². The van der Waals surface area contributed by atoms with Crippen molar-refractivity contribution < 1.29 is 9.21 Å². The normalized spacial score (nSPS) is 10.1. The first-order chi connectivity index (χ1) is 6.76. The maximum atomic E-state index is 10.8. The summed E-state index contributed by atoms with van der Waals surface area (Å²) in [4.78, 5) is 14.9. The summed E-state index contributed by atoms with van der Waals surface area (Å²) in [6.45, 7) is 2.76. The van der Waals surface area contributed by atoms with Crippen LogP contribution in [-0.2, 0) is 17.8 Å². The van der Waals surface area contributed by atoms with Crippen LogP contribution >= 0.6 is 0 Å². The number of carbonyl (C=O) groups is 1. The van der Waals surface area contributed by atoms with Gasteiger partial charge in [-0.3, -0.25) is 10.1 Å². The quantitative estimate of drug-likeness (QED) is 0.701. The highest BCUT2D eigenvalue weighted by atomic mass is 16.4. The van der Waals surface area contributed by atoms with Crippen LogP contribution in [-0.4, -0.2) is 24.5 Å². The Labute approximate surface area is 82.9 Å². The molecule has 0 saturated carbocycles. The molecule has 5 heteroatoms. The molecule has 1 heterocycles. The van der Waals surface area contributed by atoms with E-state index in [1.807, 2.05) is 6.92 Å². The summed E-state index contributed by atoms with van der Waals surface area (Å²) in [6, 6.07) is 0. The third-order valence-corrected chi connectivity index (χ3v) is 1.79. The summed E-state index contributed by atoms with van der Waals surface area (Å²) < 4.78 is 5.34. The van der Waals surface area contributed by atoms with Gasteiger partial charge in [0.25, 0.3) is 0 Å². The second kappa shape index (κ2) is 5.39. The van der Waals surface area contributed by atoms with E-state index in [9.17, 15) is 4.79 Å². The molecule has 1 rings (SSSR count). The van der Waals surface area contributed by atoms with Crippen molar-refractivity contribution in [2.45, 2.75) is 19.9 Å². The summed E-state index contributed by atoms with van der Waals surface area (Å²) in [5, 5.41) is 5.44. The van der Waals surface area contributed by atoms with Crippen LogP contribution in [0.4, 0.5) is 0 Å². The van der Waals surface area contributed by atoms with Crippen molar-refractivity contribution in [1.29, 1.82) is 0 Å². The molecule has 0 aliphatic heterocycles. The summed E-state index contributed by atoms with van der Waals surface area (Å²) in [7, 11) is 1.60. The van der Waals surface area contributed by atoms with Crippen molar-refractivity contribution in [1.82, 2.24) is 15.6 Å². The van der Waals surface area contributed by atoms with E-state index in [2.05, 4.69) is 15.6 Å². The van der Waals surface area contributed by atoms with E-state index >= 15 is 0 Å². The van der Waals surface area contributed by atoms with Crippen LogP contribution in [0, 0.1) is 0 Å². The maximum absolute atomic E-state index is 10.8. The molecule has 5 nitrogen and oxygen atoms in total. The van der Waals surface area contributed by atoms with Gasteiger partial charge in [-0.1, -0.05) is 6.92 Å². The second-order valence-electron chi connectivity index (χ2n) is 2.85. The molecule has 1 amide bonds. The lowest BCUT2D eigenvalue weighted by atomic mass is 10.4. The van der Waals surface area contributed by atoms with Gasteiger partial charge in [0.05, 0.1) is 19.3 Å². The molecule has 0 aliphatic carbocycles. The van der Waals surface area contributed by atoms with Crippen LogP contribution < -0.4 is 10.6 Å². The standard InChI is InChI=1S/C9H15N3O2/c1-3-7-4-12-9(14-7)6-11-5-8(13)10-2/h4,11H,3,5-6H2,1-2H3,(H,10,13). The fourth-order valence-corrected chi connectivity index (χ4v) is 0.965. The van der Waals surface area contributed by atoms with E-state index in [4.69, 9.17) is 4.42 Å². The lowest BCUT2D eigenvalue weighted by molar-refractivity contribution is -0.119. The topological polar surface area (TPSA) is 67.2 Å². The van der Waals surface area contributed by atoms with Crippen LogP contribution in [0.3, 0.4) is 0 Å². The summed E-state index contributed by atoms with van der Waals surface area (Å²) >= 11 is 0.